The van der Waals surface area contributed by atoms with Crippen LogP contribution >= 0.6 is 0 Å². The van der Waals surface area contributed by atoms with E-state index in [0.29, 0.717) is 19.5 Å². The third kappa shape index (κ3) is 3.49. The van der Waals surface area contributed by atoms with Gasteiger partial charge in [-0.15, -0.1) is 0 Å². The van der Waals surface area contributed by atoms with Gasteiger partial charge in [-0.3, -0.25) is 9.89 Å². The summed E-state index contributed by atoms with van der Waals surface area (Å²) in [5, 5.41) is 6.63. The number of hydrogen-bond acceptors (Lipinski definition) is 4. The fourth-order valence-corrected chi connectivity index (χ4v) is 3.98. The van der Waals surface area contributed by atoms with Gasteiger partial charge in [-0.1, -0.05) is 0 Å². The molecule has 0 bridgehead atoms. The number of carbonyl (C=O) groups is 1. The lowest BCUT2D eigenvalue weighted by Crippen LogP contribution is -2.33. The number of nitrogens with one attached hydrogen (secondary N) is 2. The summed E-state index contributed by atoms with van der Waals surface area (Å²) >= 11 is 0. The number of sulfonamides is 1. The zero-order valence-electron chi connectivity index (χ0n) is 13.4. The van der Waals surface area contributed by atoms with Gasteiger partial charge in [0.25, 0.3) is 0 Å². The summed E-state index contributed by atoms with van der Waals surface area (Å²) < 4.78 is 27.5. The van der Waals surface area contributed by atoms with E-state index in [1.54, 1.807) is 29.3 Å². The van der Waals surface area contributed by atoms with E-state index in [-0.39, 0.29) is 10.8 Å². The highest BCUT2D eigenvalue weighted by Gasteiger charge is 2.22. The van der Waals surface area contributed by atoms with Crippen LogP contribution in [0.3, 0.4) is 0 Å². The Morgan fingerprint density at radius 2 is 2.21 bits per heavy atom. The smallest absolute Gasteiger partial charge is 0.240 e. The van der Waals surface area contributed by atoms with Crippen LogP contribution in [0.25, 0.3) is 0 Å². The van der Waals surface area contributed by atoms with E-state index in [2.05, 4.69) is 14.9 Å². The van der Waals surface area contributed by atoms with Crippen molar-refractivity contribution in [1.29, 1.82) is 0 Å². The molecule has 1 aliphatic heterocycles. The molecule has 2 heterocycles. The topological polar surface area (TPSA) is 95.2 Å². The summed E-state index contributed by atoms with van der Waals surface area (Å²) in [5.41, 5.74) is 2.58. The molecule has 0 radical (unpaired) electrons. The first kappa shape index (κ1) is 16.7. The van der Waals surface area contributed by atoms with E-state index in [9.17, 15) is 13.2 Å². The molecule has 2 aromatic rings. The maximum atomic E-state index is 12.4. The highest BCUT2D eigenvalue weighted by atomic mass is 32.2. The maximum absolute atomic E-state index is 12.4. The van der Waals surface area contributed by atoms with Crippen LogP contribution in [0, 0.1) is 0 Å². The lowest BCUT2D eigenvalue weighted by molar-refractivity contribution is -0.116. The molecule has 1 aromatic heterocycles. The largest absolute Gasteiger partial charge is 0.312 e. The van der Waals surface area contributed by atoms with Crippen LogP contribution in [0.2, 0.25) is 0 Å². The van der Waals surface area contributed by atoms with E-state index < -0.39 is 10.0 Å². The number of carbonyl (C=O) groups excluding carboxylic acids is 1. The first-order chi connectivity index (χ1) is 11.5. The lowest BCUT2D eigenvalue weighted by Gasteiger charge is -2.28. The molecule has 24 heavy (non-hydrogen) atoms. The van der Waals surface area contributed by atoms with E-state index in [1.165, 1.54) is 6.92 Å². The predicted molar refractivity (Wildman–Crippen MR) is 90.3 cm³/mol. The molecular formula is C16H20N4O3S. The van der Waals surface area contributed by atoms with Gasteiger partial charge in [0.2, 0.25) is 15.9 Å². The van der Waals surface area contributed by atoms with E-state index in [1.807, 2.05) is 6.07 Å². The standard InChI is InChI=1S/C16H20N4O3S/c1-12(21)20-10-2-3-13-11-15(4-5-16(13)20)24(22,23)18-9-7-14-6-8-17-19-14/h4-6,8,11,18H,2-3,7,9-10H2,1H3,(H,17,19). The van der Waals surface area contributed by atoms with Crippen molar-refractivity contribution in [3.8, 4) is 0 Å². The zero-order valence-corrected chi connectivity index (χ0v) is 14.3. The average Bonchev–Trinajstić information content (AvgIpc) is 3.06. The maximum Gasteiger partial charge on any atom is 0.240 e. The van der Waals surface area contributed by atoms with Crippen LogP contribution in [0.1, 0.15) is 24.6 Å². The van der Waals surface area contributed by atoms with Crippen molar-refractivity contribution in [2.75, 3.05) is 18.0 Å². The Bertz CT molecular complexity index is 831. The van der Waals surface area contributed by atoms with Crippen molar-refractivity contribution in [2.24, 2.45) is 0 Å². The minimum absolute atomic E-state index is 0.0239. The second-order valence-electron chi connectivity index (χ2n) is 5.79. The quantitative estimate of drug-likeness (QED) is 0.849. The van der Waals surface area contributed by atoms with Crippen LogP contribution < -0.4 is 9.62 Å². The van der Waals surface area contributed by atoms with Gasteiger partial charge in [-0.2, -0.15) is 5.10 Å². The number of aromatic amines is 1. The third-order valence-electron chi connectivity index (χ3n) is 4.10. The Hall–Kier alpha value is -2.19. The van der Waals surface area contributed by atoms with Gasteiger partial charge in [-0.05, 0) is 42.7 Å². The van der Waals surface area contributed by atoms with Gasteiger partial charge in [0.15, 0.2) is 0 Å². The second-order valence-corrected chi connectivity index (χ2v) is 7.56. The Labute approximate surface area is 141 Å². The van der Waals surface area contributed by atoms with Crippen LogP contribution in [0.4, 0.5) is 5.69 Å². The molecule has 0 aliphatic carbocycles. The molecule has 0 fully saturated rings. The Morgan fingerprint density at radius 1 is 1.38 bits per heavy atom. The number of anilines is 1. The molecule has 3 rings (SSSR count). The number of rotatable bonds is 5. The summed E-state index contributed by atoms with van der Waals surface area (Å²) in [6.07, 6.45) is 3.79. The fraction of sp³-hybridized carbons (Fsp3) is 0.375. The van der Waals surface area contributed by atoms with Gasteiger partial charge in [0, 0.05) is 44.0 Å². The summed E-state index contributed by atoms with van der Waals surface area (Å²) in [6, 6.07) is 6.75. The molecule has 0 atom stereocenters. The molecule has 1 amide bonds. The molecule has 0 spiro atoms. The third-order valence-corrected chi connectivity index (χ3v) is 5.56. The van der Waals surface area contributed by atoms with Crippen molar-refractivity contribution < 1.29 is 13.2 Å². The van der Waals surface area contributed by atoms with E-state index in [0.717, 1.165) is 29.8 Å². The van der Waals surface area contributed by atoms with Crippen molar-refractivity contribution in [3.63, 3.8) is 0 Å². The number of amides is 1. The van der Waals surface area contributed by atoms with Crippen LogP contribution in [0.15, 0.2) is 35.4 Å². The molecule has 128 valence electrons. The molecule has 1 aromatic carbocycles. The minimum atomic E-state index is -3.57. The highest BCUT2D eigenvalue weighted by molar-refractivity contribution is 7.89. The van der Waals surface area contributed by atoms with Crippen molar-refractivity contribution in [1.82, 2.24) is 14.9 Å². The molecule has 0 saturated heterocycles. The van der Waals surface area contributed by atoms with Crippen LogP contribution in [0.5, 0.6) is 0 Å². The summed E-state index contributed by atoms with van der Waals surface area (Å²) in [5.74, 6) is -0.0239. The molecule has 0 unspecified atom stereocenters. The van der Waals surface area contributed by atoms with Crippen molar-refractivity contribution in [3.05, 3.63) is 41.7 Å². The molecule has 7 nitrogen and oxygen atoms in total. The van der Waals surface area contributed by atoms with Gasteiger partial charge in [0.1, 0.15) is 0 Å². The minimum Gasteiger partial charge on any atom is -0.312 e. The van der Waals surface area contributed by atoms with Gasteiger partial charge in [-0.25, -0.2) is 13.1 Å². The van der Waals surface area contributed by atoms with Crippen LogP contribution in [-0.2, 0) is 27.7 Å². The normalized spacial score (nSPS) is 14.5. The number of aromatic nitrogens is 2. The summed E-state index contributed by atoms with van der Waals surface area (Å²) in [4.78, 5) is 13.6. The highest BCUT2D eigenvalue weighted by Crippen LogP contribution is 2.29. The molecule has 2 N–H and O–H groups in total. The van der Waals surface area contributed by atoms with Gasteiger partial charge >= 0.3 is 0 Å². The SMILES string of the molecule is CC(=O)N1CCCc2cc(S(=O)(=O)NCCc3ccn[nH]3)ccc21. The number of nitrogens with zero attached hydrogens (tertiary/aromatic N) is 2. The Kier molecular flexibility index (Phi) is 4.68. The summed E-state index contributed by atoms with van der Waals surface area (Å²) in [6.45, 7) is 2.49. The average molecular weight is 348 g/mol. The number of aryl methyl sites for hydroxylation is 1. The van der Waals surface area contributed by atoms with E-state index in [4.69, 9.17) is 0 Å². The second kappa shape index (κ2) is 6.74. The van der Waals surface area contributed by atoms with Crippen LogP contribution in [-0.4, -0.2) is 37.6 Å². The number of fused-ring (bicyclic) bond motifs is 1. The number of benzene rings is 1. The molecule has 0 saturated carbocycles. The molecule has 1 aliphatic rings. The van der Waals surface area contributed by atoms with Gasteiger partial charge < -0.3 is 4.90 Å². The lowest BCUT2D eigenvalue weighted by atomic mass is 10.0. The Morgan fingerprint density at radius 3 is 2.92 bits per heavy atom. The first-order valence-corrected chi connectivity index (χ1v) is 9.34. The molecule has 8 heteroatoms. The van der Waals surface area contributed by atoms with Crippen molar-refractivity contribution >= 4 is 21.6 Å². The molecular weight excluding hydrogens is 328 g/mol. The summed E-state index contributed by atoms with van der Waals surface area (Å²) in [7, 11) is -3.57. The zero-order chi connectivity index (χ0) is 17.2. The van der Waals surface area contributed by atoms with Gasteiger partial charge in [0.05, 0.1) is 4.90 Å². The van der Waals surface area contributed by atoms with Crippen molar-refractivity contribution in [2.45, 2.75) is 31.1 Å². The monoisotopic (exact) mass is 348 g/mol. The number of H-pyrrole nitrogens is 1. The predicted octanol–water partition coefficient (Wildman–Crippen LogP) is 1.23. The number of hydrogen-bond donors (Lipinski definition) is 2. The fourth-order valence-electron chi connectivity index (χ4n) is 2.90. The van der Waals surface area contributed by atoms with E-state index >= 15 is 0 Å². The Balaban J connectivity index is 1.75. The first-order valence-electron chi connectivity index (χ1n) is 7.86.